The quantitative estimate of drug-likeness (QED) is 0.870. The summed E-state index contributed by atoms with van der Waals surface area (Å²) in [4.78, 5) is 23.7. The number of aryl methyl sites for hydroxylation is 1. The molecule has 0 bridgehead atoms. The molecule has 1 fully saturated rings. The van der Waals surface area contributed by atoms with Gasteiger partial charge in [0.1, 0.15) is 0 Å². The van der Waals surface area contributed by atoms with E-state index in [9.17, 15) is 9.59 Å². The normalized spacial score (nSPS) is 17.8. The van der Waals surface area contributed by atoms with Crippen LogP contribution in [0.4, 0.5) is 0 Å². The molecule has 0 unspecified atom stereocenters. The lowest BCUT2D eigenvalue weighted by atomic mass is 10.1. The summed E-state index contributed by atoms with van der Waals surface area (Å²) in [6.07, 6.45) is 4.74. The number of nitrogens with zero attached hydrogens (tertiary/aromatic N) is 1. The van der Waals surface area contributed by atoms with Crippen LogP contribution in [0.25, 0.3) is 5.70 Å². The lowest BCUT2D eigenvalue weighted by molar-refractivity contribution is -0.133. The molecule has 0 spiro atoms. The molecule has 1 heterocycles. The van der Waals surface area contributed by atoms with E-state index in [0.717, 1.165) is 24.1 Å². The van der Waals surface area contributed by atoms with Gasteiger partial charge in [0, 0.05) is 18.9 Å². The Morgan fingerprint density at radius 2 is 2.05 bits per heavy atom. The lowest BCUT2D eigenvalue weighted by Gasteiger charge is -2.29. The Morgan fingerprint density at radius 1 is 1.32 bits per heavy atom. The number of hydrazine groups is 1. The van der Waals surface area contributed by atoms with Crippen LogP contribution >= 0.6 is 0 Å². The van der Waals surface area contributed by atoms with Crippen LogP contribution in [-0.2, 0) is 9.59 Å². The zero-order valence-electron chi connectivity index (χ0n) is 12.8. The fourth-order valence-electron chi connectivity index (χ4n) is 2.39. The summed E-state index contributed by atoms with van der Waals surface area (Å²) in [5.41, 5.74) is 6.29. The predicted molar refractivity (Wildman–Crippen MR) is 84.4 cm³/mol. The minimum absolute atomic E-state index is 0.00455. The molecule has 5 heteroatoms. The molecule has 1 aliphatic carbocycles. The third-order valence-electron chi connectivity index (χ3n) is 3.90. The lowest BCUT2D eigenvalue weighted by Crippen LogP contribution is -2.46. The van der Waals surface area contributed by atoms with Gasteiger partial charge in [-0.1, -0.05) is 29.8 Å². The molecule has 5 nitrogen and oxygen atoms in total. The van der Waals surface area contributed by atoms with Gasteiger partial charge in [0.05, 0.1) is 12.2 Å². The molecular weight excluding hydrogens is 278 g/mol. The van der Waals surface area contributed by atoms with Crippen molar-refractivity contribution in [3.63, 3.8) is 0 Å². The topological polar surface area (TPSA) is 61.4 Å². The Kier molecular flexibility index (Phi) is 4.13. The molecule has 0 aromatic heterocycles. The van der Waals surface area contributed by atoms with Crippen LogP contribution in [0.1, 0.15) is 36.8 Å². The molecule has 1 aromatic carbocycles. The van der Waals surface area contributed by atoms with E-state index in [0.29, 0.717) is 25.4 Å². The maximum Gasteiger partial charge on any atom is 0.244 e. The predicted octanol–water partition coefficient (Wildman–Crippen LogP) is 1.74. The van der Waals surface area contributed by atoms with E-state index in [1.807, 2.05) is 37.3 Å². The zero-order valence-corrected chi connectivity index (χ0v) is 12.8. The molecule has 2 N–H and O–H groups in total. The van der Waals surface area contributed by atoms with Gasteiger partial charge in [-0.15, -0.1) is 0 Å². The second-order valence-corrected chi connectivity index (χ2v) is 5.94. The van der Waals surface area contributed by atoms with Crippen LogP contribution in [0.5, 0.6) is 0 Å². The highest BCUT2D eigenvalue weighted by Crippen LogP contribution is 2.19. The number of rotatable bonds is 5. The number of nitrogens with one attached hydrogen (secondary N) is 2. The Morgan fingerprint density at radius 3 is 2.73 bits per heavy atom. The van der Waals surface area contributed by atoms with E-state index < -0.39 is 0 Å². The number of carbonyl (C=O) groups excluding carboxylic acids is 2. The number of carbonyl (C=O) groups is 2. The summed E-state index contributed by atoms with van der Waals surface area (Å²) in [6, 6.07) is 8.51. The SMILES string of the molecule is Cc1ccc(C2=CCC(=O)N(CCC(=O)NC3CC3)N2)cc1. The molecule has 2 aliphatic rings. The number of hydrogen-bond acceptors (Lipinski definition) is 3. The van der Waals surface area contributed by atoms with Gasteiger partial charge in [0.2, 0.25) is 11.8 Å². The van der Waals surface area contributed by atoms with Crippen LogP contribution in [0, 0.1) is 6.92 Å². The Labute approximate surface area is 130 Å². The molecule has 0 radical (unpaired) electrons. The van der Waals surface area contributed by atoms with Crippen molar-refractivity contribution < 1.29 is 9.59 Å². The van der Waals surface area contributed by atoms with Gasteiger partial charge >= 0.3 is 0 Å². The zero-order chi connectivity index (χ0) is 15.5. The fourth-order valence-corrected chi connectivity index (χ4v) is 2.39. The molecular formula is C17H21N3O2. The largest absolute Gasteiger partial charge is 0.353 e. The van der Waals surface area contributed by atoms with Gasteiger partial charge < -0.3 is 5.32 Å². The average Bonchev–Trinajstić information content (AvgIpc) is 3.31. The minimum atomic E-state index is -0.00455. The molecule has 1 aliphatic heterocycles. The van der Waals surface area contributed by atoms with E-state index in [1.165, 1.54) is 5.56 Å². The second-order valence-electron chi connectivity index (χ2n) is 5.94. The smallest absolute Gasteiger partial charge is 0.244 e. The summed E-state index contributed by atoms with van der Waals surface area (Å²) in [6.45, 7) is 2.43. The van der Waals surface area contributed by atoms with Gasteiger partial charge in [-0.2, -0.15) is 0 Å². The van der Waals surface area contributed by atoms with Gasteiger partial charge in [0.15, 0.2) is 0 Å². The highest BCUT2D eigenvalue weighted by atomic mass is 16.2. The van der Waals surface area contributed by atoms with E-state index in [1.54, 1.807) is 5.01 Å². The first-order valence-electron chi connectivity index (χ1n) is 7.75. The van der Waals surface area contributed by atoms with Crippen molar-refractivity contribution in [1.82, 2.24) is 15.8 Å². The molecule has 2 amide bonds. The molecule has 3 rings (SSSR count). The number of amides is 2. The summed E-state index contributed by atoms with van der Waals surface area (Å²) in [7, 11) is 0. The summed E-state index contributed by atoms with van der Waals surface area (Å²) < 4.78 is 0. The van der Waals surface area contributed by atoms with Crippen molar-refractivity contribution in [2.24, 2.45) is 0 Å². The first kappa shape index (κ1) is 14.6. The summed E-state index contributed by atoms with van der Waals surface area (Å²) in [5, 5.41) is 4.48. The molecule has 0 atom stereocenters. The van der Waals surface area contributed by atoms with Crippen LogP contribution in [0.15, 0.2) is 30.3 Å². The molecule has 116 valence electrons. The first-order chi connectivity index (χ1) is 10.6. The fraction of sp³-hybridized carbons (Fsp3) is 0.412. The standard InChI is InChI=1S/C17H21N3O2/c1-12-2-4-13(5-3-12)15-8-9-17(22)20(19-15)11-10-16(21)18-14-6-7-14/h2-5,8,14,19H,6-7,9-11H2,1H3,(H,18,21). The van der Waals surface area contributed by atoms with Crippen molar-refractivity contribution in [2.45, 2.75) is 38.6 Å². The summed E-state index contributed by atoms with van der Waals surface area (Å²) in [5.74, 6) is 0.0126. The van der Waals surface area contributed by atoms with Crippen LogP contribution in [0.3, 0.4) is 0 Å². The minimum Gasteiger partial charge on any atom is -0.353 e. The van der Waals surface area contributed by atoms with Crippen molar-refractivity contribution in [3.05, 3.63) is 41.5 Å². The van der Waals surface area contributed by atoms with E-state index in [2.05, 4.69) is 10.7 Å². The van der Waals surface area contributed by atoms with Crippen LogP contribution in [-0.4, -0.2) is 29.4 Å². The maximum atomic E-state index is 12.0. The van der Waals surface area contributed by atoms with E-state index in [4.69, 9.17) is 0 Å². The van der Waals surface area contributed by atoms with Crippen molar-refractivity contribution in [1.29, 1.82) is 0 Å². The maximum absolute atomic E-state index is 12.0. The van der Waals surface area contributed by atoms with Crippen molar-refractivity contribution in [2.75, 3.05) is 6.54 Å². The van der Waals surface area contributed by atoms with Gasteiger partial charge in [0.25, 0.3) is 0 Å². The third-order valence-corrected chi connectivity index (χ3v) is 3.90. The summed E-state index contributed by atoms with van der Waals surface area (Å²) >= 11 is 0. The monoisotopic (exact) mass is 299 g/mol. The number of hydrogen-bond donors (Lipinski definition) is 2. The second kappa shape index (κ2) is 6.22. The molecule has 22 heavy (non-hydrogen) atoms. The van der Waals surface area contributed by atoms with Gasteiger partial charge in [-0.25, -0.2) is 0 Å². The van der Waals surface area contributed by atoms with Gasteiger partial charge in [-0.3, -0.25) is 20.0 Å². The van der Waals surface area contributed by atoms with Crippen LogP contribution in [0.2, 0.25) is 0 Å². The highest BCUT2D eigenvalue weighted by Gasteiger charge is 2.24. The molecule has 1 aromatic rings. The van der Waals surface area contributed by atoms with Gasteiger partial charge in [-0.05, 0) is 31.4 Å². The average molecular weight is 299 g/mol. The van der Waals surface area contributed by atoms with Crippen molar-refractivity contribution >= 4 is 17.5 Å². The van der Waals surface area contributed by atoms with Crippen molar-refractivity contribution in [3.8, 4) is 0 Å². The Bertz CT molecular complexity index is 603. The van der Waals surface area contributed by atoms with E-state index in [-0.39, 0.29) is 11.8 Å². The van der Waals surface area contributed by atoms with E-state index >= 15 is 0 Å². The first-order valence-corrected chi connectivity index (χ1v) is 7.75. The van der Waals surface area contributed by atoms with Crippen LogP contribution < -0.4 is 10.7 Å². The third kappa shape index (κ3) is 3.67. The highest BCUT2D eigenvalue weighted by molar-refractivity contribution is 5.84. The Balaban J connectivity index is 1.58. The molecule has 0 saturated heterocycles. The number of benzene rings is 1. The Hall–Kier alpha value is -2.30. The molecule has 1 saturated carbocycles.